The molecule has 0 aliphatic heterocycles. The summed E-state index contributed by atoms with van der Waals surface area (Å²) >= 11 is 1.04. The number of hydrogen-bond acceptors (Lipinski definition) is 4. The third kappa shape index (κ3) is 4.38. The van der Waals surface area contributed by atoms with Crippen LogP contribution >= 0.6 is 11.8 Å². The molecule has 0 saturated carbocycles. The topological polar surface area (TPSA) is 101 Å². The van der Waals surface area contributed by atoms with Crippen LogP contribution in [0.5, 0.6) is 0 Å². The second kappa shape index (κ2) is 6.42. The SMILES string of the molecule is N[C@](CCC(=O)O)(SCc1ccccc1)C(=O)O. The fourth-order valence-electron chi connectivity index (χ4n) is 1.32. The molecular formula is C12H15NO4S. The van der Waals surface area contributed by atoms with E-state index in [1.54, 1.807) is 0 Å². The Labute approximate surface area is 109 Å². The van der Waals surface area contributed by atoms with E-state index in [-0.39, 0.29) is 12.8 Å². The van der Waals surface area contributed by atoms with Gasteiger partial charge in [-0.1, -0.05) is 30.3 Å². The van der Waals surface area contributed by atoms with E-state index in [2.05, 4.69) is 0 Å². The quantitative estimate of drug-likeness (QED) is 0.649. The lowest BCUT2D eigenvalue weighted by atomic mass is 10.1. The summed E-state index contributed by atoms with van der Waals surface area (Å²) in [4.78, 5) is 20.0. The summed E-state index contributed by atoms with van der Waals surface area (Å²) in [5.74, 6) is -1.81. The zero-order valence-electron chi connectivity index (χ0n) is 9.70. The minimum atomic E-state index is -1.56. The van der Waals surface area contributed by atoms with Crippen LogP contribution in [0.2, 0.25) is 0 Å². The van der Waals surface area contributed by atoms with Gasteiger partial charge in [-0.25, -0.2) is 4.79 Å². The Balaban J connectivity index is 2.62. The van der Waals surface area contributed by atoms with Gasteiger partial charge in [0.05, 0.1) is 0 Å². The van der Waals surface area contributed by atoms with Crippen LogP contribution in [0.25, 0.3) is 0 Å². The highest BCUT2D eigenvalue weighted by Gasteiger charge is 2.34. The predicted octanol–water partition coefficient (Wildman–Crippen LogP) is 1.52. The molecule has 6 heteroatoms. The van der Waals surface area contributed by atoms with Crippen molar-refractivity contribution in [1.29, 1.82) is 0 Å². The van der Waals surface area contributed by atoms with Gasteiger partial charge in [-0.3, -0.25) is 4.79 Å². The van der Waals surface area contributed by atoms with Crippen molar-refractivity contribution in [2.75, 3.05) is 0 Å². The number of aliphatic carboxylic acids is 2. The average molecular weight is 269 g/mol. The van der Waals surface area contributed by atoms with Gasteiger partial charge in [0.2, 0.25) is 0 Å². The molecule has 0 radical (unpaired) electrons. The molecule has 0 spiro atoms. The zero-order valence-corrected chi connectivity index (χ0v) is 10.5. The first-order chi connectivity index (χ1) is 8.44. The number of hydrogen-bond donors (Lipinski definition) is 3. The lowest BCUT2D eigenvalue weighted by Crippen LogP contribution is -2.45. The van der Waals surface area contributed by atoms with Gasteiger partial charge < -0.3 is 15.9 Å². The Hall–Kier alpha value is -1.53. The molecular weight excluding hydrogens is 254 g/mol. The third-order valence-corrected chi connectivity index (χ3v) is 3.78. The van der Waals surface area contributed by atoms with Gasteiger partial charge in [0.1, 0.15) is 0 Å². The van der Waals surface area contributed by atoms with Gasteiger partial charge in [0, 0.05) is 12.2 Å². The van der Waals surface area contributed by atoms with Gasteiger partial charge in [-0.05, 0) is 12.0 Å². The Morgan fingerprint density at radius 3 is 2.33 bits per heavy atom. The molecule has 18 heavy (non-hydrogen) atoms. The fourth-order valence-corrected chi connectivity index (χ4v) is 2.31. The molecule has 0 heterocycles. The largest absolute Gasteiger partial charge is 0.481 e. The molecule has 1 atom stereocenters. The first-order valence-corrected chi connectivity index (χ1v) is 6.34. The molecule has 0 aromatic heterocycles. The van der Waals surface area contributed by atoms with E-state index in [9.17, 15) is 9.59 Å². The molecule has 98 valence electrons. The molecule has 5 nitrogen and oxygen atoms in total. The van der Waals surface area contributed by atoms with E-state index in [1.807, 2.05) is 30.3 Å². The molecule has 0 fully saturated rings. The number of carboxylic acids is 2. The van der Waals surface area contributed by atoms with Crippen LogP contribution in [0, 0.1) is 0 Å². The molecule has 0 unspecified atom stereocenters. The monoisotopic (exact) mass is 269 g/mol. The minimum absolute atomic E-state index is 0.102. The first-order valence-electron chi connectivity index (χ1n) is 5.36. The first kappa shape index (κ1) is 14.5. The summed E-state index contributed by atoms with van der Waals surface area (Å²) in [5, 5.41) is 17.7. The number of carboxylic acid groups (broad SMARTS) is 2. The van der Waals surface area contributed by atoms with Crippen molar-refractivity contribution in [2.45, 2.75) is 23.5 Å². The number of thioether (sulfide) groups is 1. The maximum Gasteiger partial charge on any atom is 0.334 e. The van der Waals surface area contributed by atoms with Crippen LogP contribution in [-0.4, -0.2) is 27.0 Å². The smallest absolute Gasteiger partial charge is 0.334 e. The van der Waals surface area contributed by atoms with Crippen LogP contribution in [0.4, 0.5) is 0 Å². The summed E-state index contributed by atoms with van der Waals surface area (Å²) in [6.45, 7) is 0. The lowest BCUT2D eigenvalue weighted by molar-refractivity contribution is -0.141. The zero-order chi connectivity index (χ0) is 13.6. The number of benzene rings is 1. The normalized spacial score (nSPS) is 13.8. The summed E-state index contributed by atoms with van der Waals surface area (Å²) in [6.07, 6.45) is -0.361. The van der Waals surface area contributed by atoms with Gasteiger partial charge >= 0.3 is 11.9 Å². The van der Waals surface area contributed by atoms with E-state index >= 15 is 0 Å². The van der Waals surface area contributed by atoms with E-state index in [0.717, 1.165) is 17.3 Å². The van der Waals surface area contributed by atoms with Gasteiger partial charge in [0.25, 0.3) is 0 Å². The van der Waals surface area contributed by atoms with Gasteiger partial charge in [-0.15, -0.1) is 11.8 Å². The summed E-state index contributed by atoms with van der Waals surface area (Å²) in [6, 6.07) is 9.31. The Bertz CT molecular complexity index is 423. The van der Waals surface area contributed by atoms with Crippen LogP contribution in [0.3, 0.4) is 0 Å². The summed E-state index contributed by atoms with van der Waals surface area (Å²) in [7, 11) is 0. The van der Waals surface area contributed by atoms with E-state index in [4.69, 9.17) is 15.9 Å². The molecule has 0 bridgehead atoms. The van der Waals surface area contributed by atoms with Crippen molar-refractivity contribution >= 4 is 23.7 Å². The highest BCUT2D eigenvalue weighted by molar-refractivity contribution is 8.00. The van der Waals surface area contributed by atoms with Crippen molar-refractivity contribution in [3.8, 4) is 0 Å². The van der Waals surface area contributed by atoms with Crippen molar-refractivity contribution < 1.29 is 19.8 Å². The number of nitrogens with two attached hydrogens (primary N) is 1. The van der Waals surface area contributed by atoms with E-state index in [1.165, 1.54) is 0 Å². The Kier molecular flexibility index (Phi) is 5.18. The molecule has 1 rings (SSSR count). The van der Waals surface area contributed by atoms with E-state index in [0.29, 0.717) is 5.75 Å². The highest BCUT2D eigenvalue weighted by atomic mass is 32.2. The Morgan fingerprint density at radius 1 is 1.22 bits per heavy atom. The molecule has 0 amide bonds. The molecule has 0 aliphatic carbocycles. The second-order valence-electron chi connectivity index (χ2n) is 3.86. The third-order valence-electron chi connectivity index (χ3n) is 2.41. The van der Waals surface area contributed by atoms with E-state index < -0.39 is 16.8 Å². The lowest BCUT2D eigenvalue weighted by Gasteiger charge is -2.23. The van der Waals surface area contributed by atoms with Crippen LogP contribution < -0.4 is 5.73 Å². The highest BCUT2D eigenvalue weighted by Crippen LogP contribution is 2.28. The molecule has 1 aromatic rings. The molecule has 0 aliphatic rings. The predicted molar refractivity (Wildman–Crippen MR) is 69.2 cm³/mol. The number of rotatable bonds is 7. The molecule has 4 N–H and O–H groups in total. The second-order valence-corrected chi connectivity index (χ2v) is 5.17. The number of carbonyl (C=O) groups is 2. The maximum absolute atomic E-state index is 11.1. The summed E-state index contributed by atoms with van der Waals surface area (Å²) in [5.41, 5.74) is 6.69. The average Bonchev–Trinajstić information content (AvgIpc) is 2.35. The molecule has 1 aromatic carbocycles. The van der Waals surface area contributed by atoms with Crippen molar-refractivity contribution in [3.05, 3.63) is 35.9 Å². The van der Waals surface area contributed by atoms with Crippen LogP contribution in [0.1, 0.15) is 18.4 Å². The van der Waals surface area contributed by atoms with Crippen molar-refractivity contribution in [3.63, 3.8) is 0 Å². The standard InChI is InChI=1S/C12H15NO4S/c13-12(11(16)17,7-6-10(14)15)18-8-9-4-2-1-3-5-9/h1-5H,6-8,13H2,(H,14,15)(H,16,17)/t12-/m1/s1. The van der Waals surface area contributed by atoms with Crippen molar-refractivity contribution in [1.82, 2.24) is 0 Å². The maximum atomic E-state index is 11.1. The van der Waals surface area contributed by atoms with Crippen LogP contribution in [0.15, 0.2) is 30.3 Å². The van der Waals surface area contributed by atoms with Gasteiger partial charge in [0.15, 0.2) is 4.87 Å². The Morgan fingerprint density at radius 2 is 1.83 bits per heavy atom. The summed E-state index contributed by atoms with van der Waals surface area (Å²) < 4.78 is 0. The van der Waals surface area contributed by atoms with Gasteiger partial charge in [-0.2, -0.15) is 0 Å². The van der Waals surface area contributed by atoms with Crippen molar-refractivity contribution in [2.24, 2.45) is 5.73 Å². The molecule has 0 saturated heterocycles. The fraction of sp³-hybridized carbons (Fsp3) is 0.333. The van der Waals surface area contributed by atoms with Crippen LogP contribution in [-0.2, 0) is 15.3 Å². The minimum Gasteiger partial charge on any atom is -0.481 e.